The monoisotopic (exact) mass is 449 g/mol. The molecule has 0 aliphatic carbocycles. The Morgan fingerprint density at radius 1 is 0.789 bits per heavy atom. The van der Waals surface area contributed by atoms with E-state index < -0.39 is 8.07 Å². The Bertz CT molecular complexity index is 216. The summed E-state index contributed by atoms with van der Waals surface area (Å²) < 4.78 is 0. The zero-order valence-corrected chi connectivity index (χ0v) is 18.0. The molecule has 0 aliphatic rings. The molecule has 5 heteroatoms. The molecule has 0 unspecified atom stereocenters. The first-order chi connectivity index (χ1) is 8.35. The van der Waals surface area contributed by atoms with Crippen LogP contribution in [0.25, 0.3) is 17.2 Å². The predicted octanol–water partition coefficient (Wildman–Crippen LogP) is 5.12. The van der Waals surface area contributed by atoms with Gasteiger partial charge in [0.15, 0.2) is 0 Å². The molecule has 3 N–H and O–H groups in total. The third-order valence-corrected chi connectivity index (χ3v) is 3.59. The van der Waals surface area contributed by atoms with Gasteiger partial charge in [0.1, 0.15) is 0 Å². The average Bonchev–Trinajstić information content (AvgIpc) is 2.72. The van der Waals surface area contributed by atoms with Gasteiger partial charge in [0.2, 0.25) is 0 Å². The minimum atomic E-state index is -0.981. The Balaban J connectivity index is -0.0000000956. The standard InChI is InChI=1S/C8H13Si.3C2H6N.Hf/c1-9(2,3)8-6-4-5-7-8;3*1-2-3;/h4-7H,1-3H3;3*3H,2H2,1H3;/q4*-1;+4. The van der Waals surface area contributed by atoms with Gasteiger partial charge < -0.3 is 17.2 Å². The van der Waals surface area contributed by atoms with Gasteiger partial charge in [-0.25, -0.2) is 12.1 Å². The Hall–Kier alpha value is 0.317. The van der Waals surface area contributed by atoms with Crippen molar-refractivity contribution in [3.05, 3.63) is 41.5 Å². The quantitative estimate of drug-likeness (QED) is 0.423. The molecule has 1 aromatic carbocycles. The molecule has 110 valence electrons. The molecule has 0 aliphatic heterocycles. The van der Waals surface area contributed by atoms with E-state index in [1.54, 1.807) is 26.0 Å². The van der Waals surface area contributed by atoms with Crippen LogP contribution in [0.1, 0.15) is 20.8 Å². The van der Waals surface area contributed by atoms with Gasteiger partial charge in [0, 0.05) is 8.07 Å². The fourth-order valence-corrected chi connectivity index (χ4v) is 2.07. The molecule has 0 radical (unpaired) electrons. The Kier molecular flexibility index (Phi) is 30.0. The van der Waals surface area contributed by atoms with E-state index in [1.807, 2.05) is 0 Å². The van der Waals surface area contributed by atoms with E-state index in [4.69, 9.17) is 17.2 Å². The number of hydrogen-bond donors (Lipinski definition) is 0. The molecule has 0 heterocycles. The van der Waals surface area contributed by atoms with Crippen LogP contribution < -0.4 is 5.19 Å². The zero-order valence-electron chi connectivity index (χ0n) is 13.4. The van der Waals surface area contributed by atoms with Crippen LogP contribution in [0.4, 0.5) is 0 Å². The van der Waals surface area contributed by atoms with E-state index in [2.05, 4.69) is 43.9 Å². The van der Waals surface area contributed by atoms with Gasteiger partial charge in [-0.1, -0.05) is 40.4 Å². The molecule has 0 atom stereocenters. The largest absolute Gasteiger partial charge is 4.00 e. The predicted molar refractivity (Wildman–Crippen MR) is 89.6 cm³/mol. The van der Waals surface area contributed by atoms with Gasteiger partial charge in [0.05, 0.1) is 0 Å². The maximum Gasteiger partial charge on any atom is 4.00 e. The normalized spacial score (nSPS) is 8.47. The van der Waals surface area contributed by atoms with Gasteiger partial charge in [0.25, 0.3) is 0 Å². The Morgan fingerprint density at radius 3 is 1.11 bits per heavy atom. The Labute approximate surface area is 140 Å². The summed E-state index contributed by atoms with van der Waals surface area (Å²) in [7, 11) is -0.981. The van der Waals surface area contributed by atoms with Gasteiger partial charge in [-0.05, 0) is 0 Å². The fourth-order valence-electron chi connectivity index (χ4n) is 0.874. The average molecular weight is 448 g/mol. The van der Waals surface area contributed by atoms with E-state index in [-0.39, 0.29) is 25.8 Å². The number of rotatable bonds is 1. The number of hydrogen-bond acceptors (Lipinski definition) is 0. The van der Waals surface area contributed by atoms with Crippen molar-refractivity contribution in [3.8, 4) is 0 Å². The minimum absolute atomic E-state index is 0. The number of nitrogens with one attached hydrogen (secondary N) is 3. The van der Waals surface area contributed by atoms with Crippen LogP contribution in [0.3, 0.4) is 0 Å². The Morgan fingerprint density at radius 2 is 1.00 bits per heavy atom. The molecule has 19 heavy (non-hydrogen) atoms. The van der Waals surface area contributed by atoms with Crippen LogP contribution in [-0.4, -0.2) is 27.7 Å². The van der Waals surface area contributed by atoms with Crippen LogP contribution in [0.5, 0.6) is 0 Å². The summed E-state index contributed by atoms with van der Waals surface area (Å²) in [5, 5.41) is 1.56. The molecule has 0 fully saturated rings. The summed E-state index contributed by atoms with van der Waals surface area (Å²) in [5.41, 5.74) is 18.6. The third kappa shape index (κ3) is 27.5. The van der Waals surface area contributed by atoms with Gasteiger partial charge in [-0.3, -0.25) is 0 Å². The first-order valence-electron chi connectivity index (χ1n) is 6.51. The molecule has 0 bridgehead atoms. The molecule has 0 spiro atoms. The molecule has 1 aromatic rings. The SMILES string of the molecule is CC[NH-].CC[NH-].CC[NH-].C[Si](C)(C)[c-]1cccc1.[Hf+4]. The summed E-state index contributed by atoms with van der Waals surface area (Å²) in [6, 6.07) is 8.69. The van der Waals surface area contributed by atoms with Crippen LogP contribution >= 0.6 is 0 Å². The fraction of sp³-hybridized carbons (Fsp3) is 0.643. The van der Waals surface area contributed by atoms with Gasteiger partial charge in [-0.2, -0.15) is 37.0 Å². The van der Waals surface area contributed by atoms with E-state index in [0.717, 1.165) is 0 Å². The molecular formula is C14H31HfN3Si. The van der Waals surface area contributed by atoms with Crippen molar-refractivity contribution in [2.75, 3.05) is 19.6 Å². The van der Waals surface area contributed by atoms with E-state index in [0.29, 0.717) is 19.6 Å². The van der Waals surface area contributed by atoms with Crippen LogP contribution in [-0.2, 0) is 25.8 Å². The maximum absolute atomic E-state index is 6.21. The van der Waals surface area contributed by atoms with Crippen molar-refractivity contribution >= 4 is 13.3 Å². The molecule has 3 nitrogen and oxygen atoms in total. The maximum atomic E-state index is 6.21. The third-order valence-electron chi connectivity index (χ3n) is 1.53. The van der Waals surface area contributed by atoms with Gasteiger partial charge >= 0.3 is 25.8 Å². The smallest absolute Gasteiger partial charge is 0.678 e. The molecule has 0 saturated heterocycles. The van der Waals surface area contributed by atoms with Crippen molar-refractivity contribution < 1.29 is 25.8 Å². The minimum Gasteiger partial charge on any atom is -0.678 e. The van der Waals surface area contributed by atoms with Crippen LogP contribution in [0, 0.1) is 0 Å². The van der Waals surface area contributed by atoms with Crippen molar-refractivity contribution in [1.82, 2.24) is 0 Å². The van der Waals surface area contributed by atoms with Crippen molar-refractivity contribution in [3.63, 3.8) is 0 Å². The summed E-state index contributed by atoms with van der Waals surface area (Å²) in [6.45, 7) is 14.0. The summed E-state index contributed by atoms with van der Waals surface area (Å²) in [4.78, 5) is 0. The zero-order chi connectivity index (χ0) is 15.0. The molecule has 0 aromatic heterocycles. The molecular weight excluding hydrogens is 417 g/mol. The van der Waals surface area contributed by atoms with E-state index in [1.165, 1.54) is 0 Å². The van der Waals surface area contributed by atoms with Crippen LogP contribution in [0.2, 0.25) is 19.6 Å². The second-order valence-corrected chi connectivity index (χ2v) is 9.56. The van der Waals surface area contributed by atoms with Crippen LogP contribution in [0.15, 0.2) is 24.3 Å². The molecule has 0 amide bonds. The summed E-state index contributed by atoms with van der Waals surface area (Å²) in [6.07, 6.45) is 0. The van der Waals surface area contributed by atoms with Crippen molar-refractivity contribution in [2.24, 2.45) is 0 Å². The topological polar surface area (TPSA) is 71.4 Å². The second-order valence-electron chi connectivity index (χ2n) is 4.48. The first kappa shape index (κ1) is 27.6. The van der Waals surface area contributed by atoms with E-state index >= 15 is 0 Å². The van der Waals surface area contributed by atoms with Crippen molar-refractivity contribution in [2.45, 2.75) is 40.4 Å². The summed E-state index contributed by atoms with van der Waals surface area (Å²) in [5.74, 6) is 0. The van der Waals surface area contributed by atoms with Gasteiger partial charge in [-0.15, -0.1) is 0 Å². The second kappa shape index (κ2) is 20.6. The molecule has 1 rings (SSSR count). The van der Waals surface area contributed by atoms with Crippen molar-refractivity contribution in [1.29, 1.82) is 0 Å². The first-order valence-corrected chi connectivity index (χ1v) is 10.0. The summed E-state index contributed by atoms with van der Waals surface area (Å²) >= 11 is 0. The molecule has 0 saturated carbocycles. The van der Waals surface area contributed by atoms with E-state index in [9.17, 15) is 0 Å².